The van der Waals surface area contributed by atoms with E-state index in [2.05, 4.69) is 0 Å². The molecule has 0 aliphatic carbocycles. The Morgan fingerprint density at radius 3 is 2.62 bits per heavy atom. The van der Waals surface area contributed by atoms with Crippen molar-refractivity contribution in [2.24, 2.45) is 5.73 Å². The Bertz CT molecular complexity index is 363. The van der Waals surface area contributed by atoms with Crippen molar-refractivity contribution in [3.8, 4) is 5.75 Å². The Balaban J connectivity index is 2.91. The Hall–Kier alpha value is -1.55. The van der Waals surface area contributed by atoms with E-state index in [-0.39, 0.29) is 0 Å². The maximum Gasteiger partial charge on any atom is 0.258 e. The number of hydrogen-bond donors (Lipinski definition) is 2. The molecule has 16 heavy (non-hydrogen) atoms. The van der Waals surface area contributed by atoms with Gasteiger partial charge >= 0.3 is 0 Å². The molecule has 0 spiro atoms. The molecule has 4 heteroatoms. The van der Waals surface area contributed by atoms with E-state index >= 15 is 0 Å². The van der Waals surface area contributed by atoms with E-state index in [1.165, 1.54) is 0 Å². The van der Waals surface area contributed by atoms with Crippen LogP contribution in [0.5, 0.6) is 5.75 Å². The van der Waals surface area contributed by atoms with Gasteiger partial charge in [-0.15, -0.1) is 0 Å². The number of primary amides is 1. The first-order valence-corrected chi connectivity index (χ1v) is 5.29. The fraction of sp³-hybridized carbons (Fsp3) is 0.417. The predicted molar refractivity (Wildman–Crippen MR) is 61.0 cm³/mol. The van der Waals surface area contributed by atoms with Crippen LogP contribution < -0.4 is 10.5 Å². The Labute approximate surface area is 95.0 Å². The number of hydrogen-bond acceptors (Lipinski definition) is 3. The lowest BCUT2D eigenvalue weighted by Gasteiger charge is -2.18. The van der Waals surface area contributed by atoms with Crippen LogP contribution in [0.15, 0.2) is 24.3 Å². The van der Waals surface area contributed by atoms with Gasteiger partial charge in [-0.1, -0.05) is 25.1 Å². The molecule has 88 valence electrons. The number of ether oxygens (including phenoxy) is 1. The molecule has 1 rings (SSSR count). The molecule has 0 aliphatic heterocycles. The van der Waals surface area contributed by atoms with Crippen LogP contribution in [0.1, 0.15) is 31.9 Å². The van der Waals surface area contributed by atoms with Gasteiger partial charge in [-0.2, -0.15) is 0 Å². The van der Waals surface area contributed by atoms with E-state index in [4.69, 9.17) is 10.5 Å². The molecule has 0 aliphatic rings. The summed E-state index contributed by atoms with van der Waals surface area (Å²) in [5, 5.41) is 9.53. The molecule has 0 heterocycles. The molecule has 0 bridgehead atoms. The van der Waals surface area contributed by atoms with Crippen molar-refractivity contribution in [2.45, 2.75) is 32.5 Å². The van der Waals surface area contributed by atoms with Crippen molar-refractivity contribution in [3.63, 3.8) is 0 Å². The van der Waals surface area contributed by atoms with E-state index in [9.17, 15) is 9.90 Å². The summed E-state index contributed by atoms with van der Waals surface area (Å²) < 4.78 is 5.48. The quantitative estimate of drug-likeness (QED) is 0.792. The topological polar surface area (TPSA) is 72.6 Å². The van der Waals surface area contributed by atoms with Crippen LogP contribution in [0, 0.1) is 0 Å². The van der Waals surface area contributed by atoms with Crippen LogP contribution in [-0.2, 0) is 4.79 Å². The number of amides is 1. The normalized spacial score (nSPS) is 14.2. The lowest BCUT2D eigenvalue weighted by Crippen LogP contribution is -2.33. The van der Waals surface area contributed by atoms with Gasteiger partial charge in [0.15, 0.2) is 6.10 Å². The number of carbonyl (C=O) groups excluding carboxylic acids is 1. The van der Waals surface area contributed by atoms with Crippen LogP contribution in [0.3, 0.4) is 0 Å². The van der Waals surface area contributed by atoms with Crippen molar-refractivity contribution >= 4 is 5.91 Å². The maximum absolute atomic E-state index is 11.1. The number of benzene rings is 1. The zero-order valence-electron chi connectivity index (χ0n) is 9.51. The van der Waals surface area contributed by atoms with E-state index in [0.29, 0.717) is 17.7 Å². The zero-order chi connectivity index (χ0) is 12.1. The van der Waals surface area contributed by atoms with Gasteiger partial charge in [0.25, 0.3) is 5.91 Å². The third kappa shape index (κ3) is 2.97. The number of aliphatic hydroxyl groups is 1. The second kappa shape index (κ2) is 5.51. The van der Waals surface area contributed by atoms with Gasteiger partial charge in [-0.3, -0.25) is 4.79 Å². The van der Waals surface area contributed by atoms with Crippen molar-refractivity contribution in [1.82, 2.24) is 0 Å². The second-order valence-electron chi connectivity index (χ2n) is 3.63. The molecule has 2 atom stereocenters. The highest BCUT2D eigenvalue weighted by Gasteiger charge is 2.17. The van der Waals surface area contributed by atoms with Crippen LogP contribution >= 0.6 is 0 Å². The molecule has 1 aromatic carbocycles. The Morgan fingerprint density at radius 2 is 2.12 bits per heavy atom. The lowest BCUT2D eigenvalue weighted by molar-refractivity contribution is -0.124. The van der Waals surface area contributed by atoms with Crippen LogP contribution in [-0.4, -0.2) is 17.1 Å². The fourth-order valence-corrected chi connectivity index (χ4v) is 1.43. The molecular formula is C12H17NO3. The number of rotatable bonds is 5. The molecule has 4 nitrogen and oxygen atoms in total. The number of nitrogens with two attached hydrogens (primary N) is 1. The minimum atomic E-state index is -0.653. The molecule has 0 saturated carbocycles. The molecule has 1 unspecified atom stereocenters. The van der Waals surface area contributed by atoms with Gasteiger partial charge in [0.1, 0.15) is 5.75 Å². The van der Waals surface area contributed by atoms with Crippen LogP contribution in [0.25, 0.3) is 0 Å². The number of para-hydroxylation sites is 1. The fourth-order valence-electron chi connectivity index (χ4n) is 1.43. The van der Waals surface area contributed by atoms with E-state index in [1.807, 2.05) is 6.92 Å². The standard InChI is InChI=1S/C12H17NO3/c1-3-10(12(13)15)16-11-7-5-4-6-9(11)8(2)14/h4-8,10,14H,3H2,1-2H3,(H2,13,15)/t8-,10?/m1/s1. The molecule has 0 aromatic heterocycles. The lowest BCUT2D eigenvalue weighted by atomic mass is 10.1. The van der Waals surface area contributed by atoms with Gasteiger partial charge in [0, 0.05) is 5.56 Å². The maximum atomic E-state index is 11.1. The molecule has 1 aromatic rings. The zero-order valence-corrected chi connectivity index (χ0v) is 9.51. The molecule has 0 radical (unpaired) electrons. The van der Waals surface area contributed by atoms with Gasteiger partial charge in [-0.25, -0.2) is 0 Å². The first-order valence-electron chi connectivity index (χ1n) is 5.29. The molecule has 0 saturated heterocycles. The summed E-state index contributed by atoms with van der Waals surface area (Å²) in [5.74, 6) is 0.00560. The summed E-state index contributed by atoms with van der Waals surface area (Å²) in [6.07, 6.45) is -0.787. The van der Waals surface area contributed by atoms with Crippen molar-refractivity contribution in [3.05, 3.63) is 29.8 Å². The van der Waals surface area contributed by atoms with Crippen molar-refractivity contribution in [1.29, 1.82) is 0 Å². The van der Waals surface area contributed by atoms with Crippen LogP contribution in [0.4, 0.5) is 0 Å². The second-order valence-corrected chi connectivity index (χ2v) is 3.63. The Morgan fingerprint density at radius 1 is 1.50 bits per heavy atom. The summed E-state index contributed by atoms with van der Waals surface area (Å²) in [6.45, 7) is 3.47. The third-order valence-corrected chi connectivity index (χ3v) is 2.33. The smallest absolute Gasteiger partial charge is 0.258 e. The monoisotopic (exact) mass is 223 g/mol. The largest absolute Gasteiger partial charge is 0.480 e. The first kappa shape index (κ1) is 12.5. The van der Waals surface area contributed by atoms with Crippen molar-refractivity contribution < 1.29 is 14.6 Å². The van der Waals surface area contributed by atoms with Crippen molar-refractivity contribution in [2.75, 3.05) is 0 Å². The highest BCUT2D eigenvalue weighted by Crippen LogP contribution is 2.25. The molecule has 1 amide bonds. The van der Waals surface area contributed by atoms with E-state index in [0.717, 1.165) is 0 Å². The van der Waals surface area contributed by atoms with Gasteiger partial charge in [-0.05, 0) is 19.4 Å². The third-order valence-electron chi connectivity index (χ3n) is 2.33. The number of aliphatic hydroxyl groups excluding tert-OH is 1. The number of carbonyl (C=O) groups is 1. The highest BCUT2D eigenvalue weighted by molar-refractivity contribution is 5.79. The van der Waals surface area contributed by atoms with Crippen LogP contribution in [0.2, 0.25) is 0 Å². The van der Waals surface area contributed by atoms with E-state index < -0.39 is 18.1 Å². The molecule has 3 N–H and O–H groups in total. The van der Waals surface area contributed by atoms with Gasteiger partial charge in [0.2, 0.25) is 0 Å². The average molecular weight is 223 g/mol. The SMILES string of the molecule is CCC(Oc1ccccc1[C@@H](C)O)C(N)=O. The minimum absolute atomic E-state index is 0.497. The summed E-state index contributed by atoms with van der Waals surface area (Å²) in [6, 6.07) is 7.07. The summed E-state index contributed by atoms with van der Waals surface area (Å²) in [7, 11) is 0. The minimum Gasteiger partial charge on any atom is -0.480 e. The first-order chi connectivity index (χ1) is 7.56. The van der Waals surface area contributed by atoms with Gasteiger partial charge < -0.3 is 15.6 Å². The molecule has 0 fully saturated rings. The Kier molecular flexibility index (Phi) is 4.31. The summed E-state index contributed by atoms with van der Waals surface area (Å²) in [4.78, 5) is 11.1. The average Bonchev–Trinajstić information content (AvgIpc) is 2.25. The molecular weight excluding hydrogens is 206 g/mol. The summed E-state index contributed by atoms with van der Waals surface area (Å²) >= 11 is 0. The summed E-state index contributed by atoms with van der Waals surface area (Å²) in [5.41, 5.74) is 5.85. The predicted octanol–water partition coefficient (Wildman–Crippen LogP) is 1.38. The van der Waals surface area contributed by atoms with E-state index in [1.54, 1.807) is 31.2 Å². The van der Waals surface area contributed by atoms with Gasteiger partial charge in [0.05, 0.1) is 6.10 Å². The highest BCUT2D eigenvalue weighted by atomic mass is 16.5.